The van der Waals surface area contributed by atoms with Crippen LogP contribution in [-0.4, -0.2) is 36.8 Å². The van der Waals surface area contributed by atoms with Gasteiger partial charge in [-0.25, -0.2) is 0 Å². The van der Waals surface area contributed by atoms with Crippen molar-refractivity contribution in [2.45, 2.75) is 27.2 Å². The molecule has 0 atom stereocenters. The Bertz CT molecular complexity index is 282. The van der Waals surface area contributed by atoms with Gasteiger partial charge in [-0.05, 0) is 20.3 Å². The van der Waals surface area contributed by atoms with Crippen LogP contribution in [0.5, 0.6) is 0 Å². The van der Waals surface area contributed by atoms with E-state index in [1.165, 1.54) is 6.92 Å². The fraction of sp³-hybridized carbons (Fsp3) is 0.727. The van der Waals surface area contributed by atoms with Gasteiger partial charge in [-0.1, -0.05) is 6.92 Å². The van der Waals surface area contributed by atoms with Crippen molar-refractivity contribution < 1.29 is 23.9 Å². The summed E-state index contributed by atoms with van der Waals surface area (Å²) in [6.45, 7) is 4.88. The van der Waals surface area contributed by atoms with E-state index in [1.54, 1.807) is 13.8 Å². The molecule has 0 saturated heterocycles. The molecule has 0 aromatic heterocycles. The summed E-state index contributed by atoms with van der Waals surface area (Å²) >= 11 is 5.44. The fourth-order valence-corrected chi connectivity index (χ4v) is 1.65. The van der Waals surface area contributed by atoms with Crippen LogP contribution in [0, 0.1) is 5.41 Å². The summed E-state index contributed by atoms with van der Waals surface area (Å²) in [4.78, 5) is 35.4. The summed E-state index contributed by atoms with van der Waals surface area (Å²) in [5.41, 5.74) is -1.92. The molecule has 0 aromatic carbocycles. The third kappa shape index (κ3) is 3.19. The molecule has 0 radical (unpaired) electrons. The van der Waals surface area contributed by atoms with Crippen molar-refractivity contribution in [1.29, 1.82) is 0 Å². The number of rotatable bonds is 7. The van der Waals surface area contributed by atoms with E-state index in [0.29, 0.717) is 0 Å². The second-order valence-electron chi connectivity index (χ2n) is 3.26. The van der Waals surface area contributed by atoms with Gasteiger partial charge in [-0.15, -0.1) is 11.6 Å². The lowest BCUT2D eigenvalue weighted by molar-refractivity contribution is -0.174. The molecular weight excluding hydrogens is 248 g/mol. The largest absolute Gasteiger partial charge is 0.465 e. The first-order valence-electron chi connectivity index (χ1n) is 5.44. The summed E-state index contributed by atoms with van der Waals surface area (Å²) < 4.78 is 9.54. The zero-order chi connectivity index (χ0) is 13.5. The van der Waals surface area contributed by atoms with Gasteiger partial charge in [0.2, 0.25) is 5.41 Å². The highest BCUT2D eigenvalue weighted by molar-refractivity contribution is 6.34. The lowest BCUT2D eigenvalue weighted by atomic mass is 9.81. The van der Waals surface area contributed by atoms with Crippen molar-refractivity contribution in [2.24, 2.45) is 5.41 Å². The number of ether oxygens (including phenoxy) is 2. The Hall–Kier alpha value is -1.10. The van der Waals surface area contributed by atoms with Crippen LogP contribution in [0.25, 0.3) is 0 Å². The molecule has 0 amide bonds. The zero-order valence-electron chi connectivity index (χ0n) is 10.2. The number of alkyl halides is 1. The fourth-order valence-electron chi connectivity index (χ4n) is 1.42. The van der Waals surface area contributed by atoms with Gasteiger partial charge in [0.1, 0.15) is 0 Å². The van der Waals surface area contributed by atoms with Crippen LogP contribution in [0.4, 0.5) is 0 Å². The first-order valence-corrected chi connectivity index (χ1v) is 5.98. The van der Waals surface area contributed by atoms with Crippen molar-refractivity contribution in [3.8, 4) is 0 Å². The van der Waals surface area contributed by atoms with E-state index in [-0.39, 0.29) is 19.6 Å². The molecule has 0 fully saturated rings. The molecule has 6 heteroatoms. The van der Waals surface area contributed by atoms with Gasteiger partial charge in [-0.3, -0.25) is 14.4 Å². The Balaban J connectivity index is 5.36. The first-order chi connectivity index (χ1) is 8.00. The third-order valence-corrected chi connectivity index (χ3v) is 2.62. The molecule has 98 valence electrons. The van der Waals surface area contributed by atoms with E-state index in [1.807, 2.05) is 0 Å². The highest BCUT2D eigenvalue weighted by Gasteiger charge is 2.53. The van der Waals surface area contributed by atoms with Crippen LogP contribution in [0.2, 0.25) is 0 Å². The van der Waals surface area contributed by atoms with E-state index in [2.05, 4.69) is 0 Å². The SMILES string of the molecule is CCOC(=O)C(CC)(C(=O)CCl)C(=O)OCC. The minimum Gasteiger partial charge on any atom is -0.465 e. The average molecular weight is 265 g/mol. The van der Waals surface area contributed by atoms with Crippen LogP contribution in [0.15, 0.2) is 0 Å². The minimum atomic E-state index is -1.92. The Kier molecular flexibility index (Phi) is 6.80. The predicted molar refractivity (Wildman–Crippen MR) is 61.7 cm³/mol. The summed E-state index contributed by atoms with van der Waals surface area (Å²) in [6.07, 6.45) is -0.0315. The zero-order valence-corrected chi connectivity index (χ0v) is 11.0. The quantitative estimate of drug-likeness (QED) is 0.394. The highest BCUT2D eigenvalue weighted by Crippen LogP contribution is 2.28. The average Bonchev–Trinajstić information content (AvgIpc) is 2.31. The number of halogens is 1. The van der Waals surface area contributed by atoms with Gasteiger partial charge in [0.25, 0.3) is 0 Å². The number of esters is 2. The maximum absolute atomic E-state index is 11.8. The van der Waals surface area contributed by atoms with Crippen molar-refractivity contribution in [2.75, 3.05) is 19.1 Å². The topological polar surface area (TPSA) is 69.7 Å². The molecule has 0 bridgehead atoms. The van der Waals surface area contributed by atoms with Gasteiger partial charge in [0.15, 0.2) is 5.78 Å². The standard InChI is InChI=1S/C11H17ClO5/c1-4-11(8(13)7-12,9(14)16-5-2)10(15)17-6-3/h4-7H2,1-3H3. The van der Waals surface area contributed by atoms with Crippen molar-refractivity contribution in [3.63, 3.8) is 0 Å². The van der Waals surface area contributed by atoms with Gasteiger partial charge in [0.05, 0.1) is 19.1 Å². The molecule has 0 rings (SSSR count). The van der Waals surface area contributed by atoms with Crippen LogP contribution in [0.3, 0.4) is 0 Å². The van der Waals surface area contributed by atoms with E-state index in [9.17, 15) is 14.4 Å². The van der Waals surface area contributed by atoms with Crippen LogP contribution in [0.1, 0.15) is 27.2 Å². The van der Waals surface area contributed by atoms with Gasteiger partial charge >= 0.3 is 11.9 Å². The van der Waals surface area contributed by atoms with E-state index in [4.69, 9.17) is 21.1 Å². The van der Waals surface area contributed by atoms with Gasteiger partial charge < -0.3 is 9.47 Å². The molecule has 0 aliphatic heterocycles. The second kappa shape index (κ2) is 7.27. The Morgan fingerprint density at radius 1 is 1.00 bits per heavy atom. The van der Waals surface area contributed by atoms with E-state index < -0.39 is 29.0 Å². The minimum absolute atomic E-state index is 0.0315. The maximum atomic E-state index is 11.8. The second-order valence-corrected chi connectivity index (χ2v) is 3.52. The molecular formula is C11H17ClO5. The Labute approximate surface area is 105 Å². The molecule has 0 unspecified atom stereocenters. The van der Waals surface area contributed by atoms with Crippen LogP contribution >= 0.6 is 11.6 Å². The summed E-state index contributed by atoms with van der Waals surface area (Å²) in [5.74, 6) is -2.93. The number of Topliss-reactive ketones (excluding diaryl/α,β-unsaturated/α-hetero) is 1. The first kappa shape index (κ1) is 15.9. The number of ketones is 1. The van der Waals surface area contributed by atoms with Crippen LogP contribution in [-0.2, 0) is 23.9 Å². The smallest absolute Gasteiger partial charge is 0.331 e. The van der Waals surface area contributed by atoms with Crippen molar-refractivity contribution in [3.05, 3.63) is 0 Å². The van der Waals surface area contributed by atoms with E-state index in [0.717, 1.165) is 0 Å². The lowest BCUT2D eigenvalue weighted by Crippen LogP contribution is -2.48. The number of hydrogen-bond acceptors (Lipinski definition) is 5. The maximum Gasteiger partial charge on any atom is 0.331 e. The summed E-state index contributed by atoms with van der Waals surface area (Å²) in [5, 5.41) is 0. The molecule has 0 heterocycles. The molecule has 0 spiro atoms. The predicted octanol–water partition coefficient (Wildman–Crippen LogP) is 1.32. The van der Waals surface area contributed by atoms with Crippen LogP contribution < -0.4 is 0 Å². The van der Waals surface area contributed by atoms with Crippen molar-refractivity contribution >= 4 is 29.3 Å². The molecule has 0 aromatic rings. The van der Waals surface area contributed by atoms with Gasteiger partial charge in [-0.2, -0.15) is 0 Å². The summed E-state index contributed by atoms with van der Waals surface area (Å²) in [7, 11) is 0. The van der Waals surface area contributed by atoms with Crippen molar-refractivity contribution in [1.82, 2.24) is 0 Å². The molecule has 0 saturated carbocycles. The Morgan fingerprint density at radius 3 is 1.65 bits per heavy atom. The third-order valence-electron chi connectivity index (χ3n) is 2.38. The normalized spacial score (nSPS) is 10.8. The number of carbonyl (C=O) groups excluding carboxylic acids is 3. The number of hydrogen-bond donors (Lipinski definition) is 0. The lowest BCUT2D eigenvalue weighted by Gasteiger charge is -2.25. The van der Waals surface area contributed by atoms with Gasteiger partial charge in [0, 0.05) is 0 Å². The molecule has 0 N–H and O–H groups in total. The monoisotopic (exact) mass is 264 g/mol. The molecule has 0 aliphatic rings. The highest BCUT2D eigenvalue weighted by atomic mass is 35.5. The molecule has 5 nitrogen and oxygen atoms in total. The molecule has 0 aliphatic carbocycles. The molecule has 17 heavy (non-hydrogen) atoms. The van der Waals surface area contributed by atoms with E-state index >= 15 is 0 Å². The summed E-state index contributed by atoms with van der Waals surface area (Å²) in [6, 6.07) is 0. The Morgan fingerprint density at radius 2 is 1.41 bits per heavy atom. The number of carbonyl (C=O) groups is 3.